The predicted molar refractivity (Wildman–Crippen MR) is 53.5 cm³/mol. The SMILES string of the molecule is C=CC(=O)CCC(=O)SC[Si]C. The zero-order chi connectivity index (χ0) is 9.40. The van der Waals surface area contributed by atoms with Crippen LogP contribution in [-0.4, -0.2) is 25.8 Å². The quantitative estimate of drug-likeness (QED) is 0.481. The Kier molecular flexibility index (Phi) is 7.09. The van der Waals surface area contributed by atoms with Crippen molar-refractivity contribution in [2.24, 2.45) is 0 Å². The molecule has 0 saturated heterocycles. The van der Waals surface area contributed by atoms with Crippen LogP contribution in [0.3, 0.4) is 0 Å². The molecule has 0 aromatic rings. The van der Waals surface area contributed by atoms with Crippen molar-refractivity contribution in [2.45, 2.75) is 19.4 Å². The molecule has 0 rings (SSSR count). The van der Waals surface area contributed by atoms with Crippen LogP contribution in [0.1, 0.15) is 12.8 Å². The van der Waals surface area contributed by atoms with Crippen molar-refractivity contribution >= 4 is 32.2 Å². The lowest BCUT2D eigenvalue weighted by molar-refractivity contribution is -0.117. The van der Waals surface area contributed by atoms with Crippen LogP contribution in [0, 0.1) is 0 Å². The summed E-state index contributed by atoms with van der Waals surface area (Å²) in [5.74, 6) is -0.0529. The normalized spacial score (nSPS) is 9.42. The number of hydrogen-bond acceptors (Lipinski definition) is 3. The number of rotatable bonds is 6. The fourth-order valence-corrected chi connectivity index (χ4v) is 2.02. The van der Waals surface area contributed by atoms with Gasteiger partial charge in [0.25, 0.3) is 0 Å². The minimum absolute atomic E-state index is 0.0529. The van der Waals surface area contributed by atoms with Gasteiger partial charge in [0.05, 0.1) is 0 Å². The van der Waals surface area contributed by atoms with Crippen LogP contribution in [0.2, 0.25) is 6.55 Å². The van der Waals surface area contributed by atoms with Gasteiger partial charge in [-0.1, -0.05) is 24.9 Å². The van der Waals surface area contributed by atoms with Crippen LogP contribution >= 0.6 is 11.8 Å². The molecule has 0 aliphatic rings. The summed E-state index contributed by atoms with van der Waals surface area (Å²) in [7, 11) is 0.787. The Hall–Kier alpha value is -0.353. The summed E-state index contributed by atoms with van der Waals surface area (Å²) in [4.78, 5) is 21.7. The topological polar surface area (TPSA) is 34.1 Å². The zero-order valence-electron chi connectivity index (χ0n) is 7.13. The van der Waals surface area contributed by atoms with Gasteiger partial charge in [0, 0.05) is 22.4 Å². The first-order chi connectivity index (χ1) is 5.70. The summed E-state index contributed by atoms with van der Waals surface area (Å²) >= 11 is 1.32. The summed E-state index contributed by atoms with van der Waals surface area (Å²) in [5.41, 5.74) is 0. The maximum atomic E-state index is 11.0. The van der Waals surface area contributed by atoms with E-state index in [1.54, 1.807) is 0 Å². The van der Waals surface area contributed by atoms with E-state index in [0.717, 1.165) is 14.9 Å². The van der Waals surface area contributed by atoms with Crippen molar-refractivity contribution < 1.29 is 9.59 Å². The Bertz CT molecular complexity index is 180. The third kappa shape index (κ3) is 6.36. The van der Waals surface area contributed by atoms with Crippen molar-refractivity contribution in [3.8, 4) is 0 Å². The molecule has 0 N–H and O–H groups in total. The van der Waals surface area contributed by atoms with E-state index in [4.69, 9.17) is 0 Å². The molecule has 0 fully saturated rings. The molecule has 0 aliphatic heterocycles. The Morgan fingerprint density at radius 1 is 1.50 bits per heavy atom. The summed E-state index contributed by atoms with van der Waals surface area (Å²) in [6.45, 7) is 5.39. The maximum absolute atomic E-state index is 11.0. The Labute approximate surface area is 79.6 Å². The fraction of sp³-hybridized carbons (Fsp3) is 0.500. The standard InChI is InChI=1S/C8H12O2SSi/c1-3-7(9)4-5-8(10)11-6-12-2/h3H,1,4-6H2,2H3. The van der Waals surface area contributed by atoms with E-state index >= 15 is 0 Å². The van der Waals surface area contributed by atoms with Gasteiger partial charge in [-0.2, -0.15) is 0 Å². The number of carbonyl (C=O) groups excluding carboxylic acids is 2. The van der Waals surface area contributed by atoms with Gasteiger partial charge in [0.15, 0.2) is 10.9 Å². The highest BCUT2D eigenvalue weighted by Gasteiger charge is 2.03. The van der Waals surface area contributed by atoms with Crippen LogP contribution in [0.5, 0.6) is 0 Å². The molecule has 2 radical (unpaired) electrons. The molecule has 0 bridgehead atoms. The largest absolute Gasteiger partial charge is 0.295 e. The van der Waals surface area contributed by atoms with Crippen LogP contribution in [0.4, 0.5) is 0 Å². The summed E-state index contributed by atoms with van der Waals surface area (Å²) in [5, 5.41) is 0.987. The van der Waals surface area contributed by atoms with Crippen molar-refractivity contribution in [2.75, 3.05) is 5.38 Å². The average molecular weight is 200 g/mol. The molecule has 66 valence electrons. The zero-order valence-corrected chi connectivity index (χ0v) is 8.95. The molecular formula is C8H12O2SSi. The highest BCUT2D eigenvalue weighted by Crippen LogP contribution is 2.06. The lowest BCUT2D eigenvalue weighted by Gasteiger charge is -1.95. The Morgan fingerprint density at radius 3 is 2.67 bits per heavy atom. The van der Waals surface area contributed by atoms with Gasteiger partial charge >= 0.3 is 0 Å². The smallest absolute Gasteiger partial charge is 0.189 e. The van der Waals surface area contributed by atoms with E-state index in [1.165, 1.54) is 17.8 Å². The van der Waals surface area contributed by atoms with Crippen molar-refractivity contribution in [1.29, 1.82) is 0 Å². The highest BCUT2D eigenvalue weighted by atomic mass is 32.2. The molecule has 2 nitrogen and oxygen atoms in total. The first kappa shape index (κ1) is 11.6. The molecule has 12 heavy (non-hydrogen) atoms. The number of carbonyl (C=O) groups is 2. The lowest BCUT2D eigenvalue weighted by Crippen LogP contribution is -2.00. The van der Waals surface area contributed by atoms with E-state index in [9.17, 15) is 9.59 Å². The summed E-state index contributed by atoms with van der Waals surface area (Å²) in [6.07, 6.45) is 1.92. The second-order valence-electron chi connectivity index (χ2n) is 2.18. The van der Waals surface area contributed by atoms with E-state index < -0.39 is 0 Å². The second kappa shape index (κ2) is 7.30. The molecule has 0 spiro atoms. The highest BCUT2D eigenvalue weighted by molar-refractivity contribution is 8.14. The summed E-state index contributed by atoms with van der Waals surface area (Å²) < 4.78 is 0. The van der Waals surface area contributed by atoms with E-state index in [0.29, 0.717) is 12.8 Å². The number of thioether (sulfide) groups is 1. The van der Waals surface area contributed by atoms with Gasteiger partial charge in [-0.25, -0.2) is 0 Å². The van der Waals surface area contributed by atoms with Crippen LogP contribution in [0.25, 0.3) is 0 Å². The number of ketones is 1. The maximum Gasteiger partial charge on any atom is 0.189 e. The van der Waals surface area contributed by atoms with Crippen LogP contribution < -0.4 is 0 Å². The molecule has 0 amide bonds. The van der Waals surface area contributed by atoms with Gasteiger partial charge in [0.1, 0.15) is 0 Å². The Morgan fingerprint density at radius 2 is 2.17 bits per heavy atom. The van der Waals surface area contributed by atoms with Gasteiger partial charge in [0.2, 0.25) is 0 Å². The second-order valence-corrected chi connectivity index (χ2v) is 4.79. The monoisotopic (exact) mass is 200 g/mol. The van der Waals surface area contributed by atoms with Crippen molar-refractivity contribution in [3.63, 3.8) is 0 Å². The van der Waals surface area contributed by atoms with Crippen molar-refractivity contribution in [3.05, 3.63) is 12.7 Å². The molecule has 0 unspecified atom stereocenters. The van der Waals surface area contributed by atoms with Gasteiger partial charge in [-0.15, -0.1) is 0 Å². The minimum Gasteiger partial charge on any atom is -0.295 e. The van der Waals surface area contributed by atoms with Gasteiger partial charge in [-0.05, 0) is 11.5 Å². The molecule has 0 aromatic heterocycles. The molecular weight excluding hydrogens is 188 g/mol. The van der Waals surface area contributed by atoms with E-state index in [-0.39, 0.29) is 10.9 Å². The van der Waals surface area contributed by atoms with E-state index in [1.807, 2.05) is 0 Å². The average Bonchev–Trinajstić information content (AvgIpc) is 2.10. The number of hydrogen-bond donors (Lipinski definition) is 0. The summed E-state index contributed by atoms with van der Waals surface area (Å²) in [6, 6.07) is 0. The van der Waals surface area contributed by atoms with Crippen LogP contribution in [0.15, 0.2) is 12.7 Å². The molecule has 0 heterocycles. The van der Waals surface area contributed by atoms with Crippen LogP contribution in [-0.2, 0) is 9.59 Å². The Balaban J connectivity index is 3.43. The molecule has 0 atom stereocenters. The molecule has 0 saturated carbocycles. The third-order valence-electron chi connectivity index (χ3n) is 1.18. The lowest BCUT2D eigenvalue weighted by atomic mass is 10.2. The molecule has 4 heteroatoms. The van der Waals surface area contributed by atoms with Gasteiger partial charge < -0.3 is 0 Å². The van der Waals surface area contributed by atoms with Gasteiger partial charge in [-0.3, -0.25) is 9.59 Å². The van der Waals surface area contributed by atoms with Crippen molar-refractivity contribution in [1.82, 2.24) is 0 Å². The first-order valence-corrected chi connectivity index (χ1v) is 6.35. The third-order valence-corrected chi connectivity index (χ3v) is 3.44. The predicted octanol–water partition coefficient (Wildman–Crippen LogP) is 1.49. The number of allylic oxidation sites excluding steroid dienone is 1. The molecule has 0 aliphatic carbocycles. The minimum atomic E-state index is -0.0529. The fourth-order valence-electron chi connectivity index (χ4n) is 0.552. The van der Waals surface area contributed by atoms with E-state index in [2.05, 4.69) is 13.1 Å². The molecule has 0 aromatic carbocycles. The first-order valence-electron chi connectivity index (χ1n) is 3.66.